The van der Waals surface area contributed by atoms with Gasteiger partial charge in [-0.2, -0.15) is 0 Å². The number of nitrogens with one attached hydrogen (secondary N) is 1. The molecule has 2 aromatic rings. The van der Waals surface area contributed by atoms with E-state index in [0.717, 1.165) is 18.7 Å². The molecular formula is C17H20FNO. The number of hydrogen-bond acceptors (Lipinski definition) is 2. The van der Waals surface area contributed by atoms with Gasteiger partial charge in [0.1, 0.15) is 11.6 Å². The standard InChI is InChI=1S/C17H20FNO/c1-14-7-9-16(10-8-14)20-12-4-11-19-13-15-5-2-3-6-17(15)18/h2-3,5-10,19H,4,11-13H2,1H3. The zero-order valence-electron chi connectivity index (χ0n) is 11.7. The van der Waals surface area contributed by atoms with Crippen molar-refractivity contribution in [2.45, 2.75) is 19.9 Å². The fourth-order valence-corrected chi connectivity index (χ4v) is 1.89. The molecule has 106 valence electrons. The highest BCUT2D eigenvalue weighted by Gasteiger charge is 1.99. The zero-order valence-corrected chi connectivity index (χ0v) is 11.7. The van der Waals surface area contributed by atoms with Crippen LogP contribution in [0.3, 0.4) is 0 Å². The molecule has 0 unspecified atom stereocenters. The number of aryl methyl sites for hydroxylation is 1. The van der Waals surface area contributed by atoms with Gasteiger partial charge >= 0.3 is 0 Å². The predicted octanol–water partition coefficient (Wildman–Crippen LogP) is 3.69. The average molecular weight is 273 g/mol. The lowest BCUT2D eigenvalue weighted by atomic mass is 10.2. The van der Waals surface area contributed by atoms with E-state index in [4.69, 9.17) is 4.74 Å². The molecule has 1 N–H and O–H groups in total. The first-order valence-electron chi connectivity index (χ1n) is 6.89. The molecular weight excluding hydrogens is 253 g/mol. The lowest BCUT2D eigenvalue weighted by molar-refractivity contribution is 0.308. The Bertz CT molecular complexity index is 525. The van der Waals surface area contributed by atoms with Crippen LogP contribution in [0.15, 0.2) is 48.5 Å². The van der Waals surface area contributed by atoms with E-state index in [1.54, 1.807) is 12.1 Å². The maximum Gasteiger partial charge on any atom is 0.127 e. The van der Waals surface area contributed by atoms with Crippen molar-refractivity contribution in [2.24, 2.45) is 0 Å². The molecule has 3 heteroatoms. The largest absolute Gasteiger partial charge is 0.494 e. The molecule has 0 fully saturated rings. The molecule has 0 saturated carbocycles. The summed E-state index contributed by atoms with van der Waals surface area (Å²) >= 11 is 0. The van der Waals surface area contributed by atoms with Gasteiger partial charge in [-0.15, -0.1) is 0 Å². The van der Waals surface area contributed by atoms with E-state index in [9.17, 15) is 4.39 Å². The normalized spacial score (nSPS) is 10.5. The van der Waals surface area contributed by atoms with E-state index < -0.39 is 0 Å². The molecule has 0 aliphatic carbocycles. The predicted molar refractivity (Wildman–Crippen MR) is 79.4 cm³/mol. The zero-order chi connectivity index (χ0) is 14.2. The lowest BCUT2D eigenvalue weighted by Gasteiger charge is -2.08. The minimum absolute atomic E-state index is 0.157. The van der Waals surface area contributed by atoms with Crippen molar-refractivity contribution in [3.63, 3.8) is 0 Å². The summed E-state index contributed by atoms with van der Waals surface area (Å²) in [6, 6.07) is 14.8. The van der Waals surface area contributed by atoms with Crippen molar-refractivity contribution in [3.8, 4) is 5.75 Å². The van der Waals surface area contributed by atoms with Crippen LogP contribution in [0.25, 0.3) is 0 Å². The second-order valence-electron chi connectivity index (χ2n) is 4.78. The summed E-state index contributed by atoms with van der Waals surface area (Å²) in [5.41, 5.74) is 1.93. The Kier molecular flexibility index (Phi) is 5.56. The van der Waals surface area contributed by atoms with Gasteiger partial charge in [-0.3, -0.25) is 0 Å². The van der Waals surface area contributed by atoms with Crippen molar-refractivity contribution in [2.75, 3.05) is 13.2 Å². The first-order chi connectivity index (χ1) is 9.75. The van der Waals surface area contributed by atoms with Gasteiger partial charge in [-0.1, -0.05) is 35.9 Å². The van der Waals surface area contributed by atoms with Crippen molar-refractivity contribution in [1.29, 1.82) is 0 Å². The molecule has 0 amide bonds. The van der Waals surface area contributed by atoms with Gasteiger partial charge in [0.2, 0.25) is 0 Å². The topological polar surface area (TPSA) is 21.3 Å². The molecule has 2 nitrogen and oxygen atoms in total. The average Bonchev–Trinajstić information content (AvgIpc) is 2.46. The monoisotopic (exact) mass is 273 g/mol. The van der Waals surface area contributed by atoms with Crippen molar-refractivity contribution < 1.29 is 9.13 Å². The third kappa shape index (κ3) is 4.67. The lowest BCUT2D eigenvalue weighted by Crippen LogP contribution is -2.17. The first kappa shape index (κ1) is 14.5. The maximum absolute atomic E-state index is 13.4. The van der Waals surface area contributed by atoms with E-state index in [1.807, 2.05) is 30.3 Å². The highest BCUT2D eigenvalue weighted by Crippen LogP contribution is 2.11. The van der Waals surface area contributed by atoms with Crippen LogP contribution >= 0.6 is 0 Å². The fraction of sp³-hybridized carbons (Fsp3) is 0.294. The van der Waals surface area contributed by atoms with E-state index in [0.29, 0.717) is 18.7 Å². The molecule has 0 aliphatic rings. The first-order valence-corrected chi connectivity index (χ1v) is 6.89. The van der Waals surface area contributed by atoms with Gasteiger partial charge in [0.05, 0.1) is 6.61 Å². The Morgan fingerprint density at radius 2 is 1.80 bits per heavy atom. The quantitative estimate of drug-likeness (QED) is 0.777. The van der Waals surface area contributed by atoms with Crippen LogP contribution in [-0.2, 0) is 6.54 Å². The highest BCUT2D eigenvalue weighted by atomic mass is 19.1. The van der Waals surface area contributed by atoms with Gasteiger partial charge < -0.3 is 10.1 Å². The fourth-order valence-electron chi connectivity index (χ4n) is 1.89. The smallest absolute Gasteiger partial charge is 0.127 e. The summed E-state index contributed by atoms with van der Waals surface area (Å²) in [4.78, 5) is 0. The summed E-state index contributed by atoms with van der Waals surface area (Å²) in [5.74, 6) is 0.737. The van der Waals surface area contributed by atoms with Crippen LogP contribution < -0.4 is 10.1 Å². The molecule has 2 aromatic carbocycles. The highest BCUT2D eigenvalue weighted by molar-refractivity contribution is 5.26. The number of ether oxygens (including phenoxy) is 1. The molecule has 0 heterocycles. The van der Waals surface area contributed by atoms with E-state index in [-0.39, 0.29) is 5.82 Å². The molecule has 0 saturated heterocycles. The Balaban J connectivity index is 1.60. The maximum atomic E-state index is 13.4. The third-order valence-corrected chi connectivity index (χ3v) is 3.06. The van der Waals surface area contributed by atoms with Crippen molar-refractivity contribution in [3.05, 3.63) is 65.5 Å². The molecule has 0 aromatic heterocycles. The van der Waals surface area contributed by atoms with Crippen LogP contribution in [0.1, 0.15) is 17.5 Å². The van der Waals surface area contributed by atoms with E-state index >= 15 is 0 Å². The van der Waals surface area contributed by atoms with E-state index in [1.165, 1.54) is 11.6 Å². The van der Waals surface area contributed by atoms with Gasteiger partial charge in [0.25, 0.3) is 0 Å². The molecule has 0 bridgehead atoms. The number of benzene rings is 2. The number of hydrogen-bond donors (Lipinski definition) is 1. The summed E-state index contributed by atoms with van der Waals surface area (Å²) in [5, 5.41) is 3.22. The molecule has 0 spiro atoms. The summed E-state index contributed by atoms with van der Waals surface area (Å²) in [6.07, 6.45) is 0.891. The molecule has 0 aliphatic heterocycles. The molecule has 2 rings (SSSR count). The van der Waals surface area contributed by atoms with Crippen molar-refractivity contribution >= 4 is 0 Å². The summed E-state index contributed by atoms with van der Waals surface area (Å²) in [6.45, 7) is 4.07. The Morgan fingerprint density at radius 3 is 2.55 bits per heavy atom. The van der Waals surface area contributed by atoms with Gasteiger partial charge in [-0.25, -0.2) is 4.39 Å². The number of rotatable bonds is 7. The van der Waals surface area contributed by atoms with Crippen LogP contribution in [-0.4, -0.2) is 13.2 Å². The molecule has 0 atom stereocenters. The van der Waals surface area contributed by atoms with Gasteiger partial charge in [0.15, 0.2) is 0 Å². The van der Waals surface area contributed by atoms with Crippen LogP contribution in [0.5, 0.6) is 5.75 Å². The Labute approximate surface area is 119 Å². The minimum atomic E-state index is -0.157. The second kappa shape index (κ2) is 7.65. The van der Waals surface area contributed by atoms with Crippen molar-refractivity contribution in [1.82, 2.24) is 5.32 Å². The third-order valence-electron chi connectivity index (χ3n) is 3.06. The van der Waals surface area contributed by atoms with E-state index in [2.05, 4.69) is 12.2 Å². The Morgan fingerprint density at radius 1 is 1.05 bits per heavy atom. The van der Waals surface area contributed by atoms with Crippen LogP contribution in [0.2, 0.25) is 0 Å². The second-order valence-corrected chi connectivity index (χ2v) is 4.78. The molecule has 0 radical (unpaired) electrons. The number of halogens is 1. The Hall–Kier alpha value is -1.87. The van der Waals surface area contributed by atoms with Gasteiger partial charge in [-0.05, 0) is 38.1 Å². The minimum Gasteiger partial charge on any atom is -0.494 e. The molecule has 20 heavy (non-hydrogen) atoms. The van der Waals surface area contributed by atoms with Gasteiger partial charge in [0, 0.05) is 12.1 Å². The van der Waals surface area contributed by atoms with Crippen LogP contribution in [0, 0.1) is 12.7 Å². The van der Waals surface area contributed by atoms with Crippen LogP contribution in [0.4, 0.5) is 4.39 Å². The SMILES string of the molecule is Cc1ccc(OCCCNCc2ccccc2F)cc1. The summed E-state index contributed by atoms with van der Waals surface area (Å²) in [7, 11) is 0. The summed E-state index contributed by atoms with van der Waals surface area (Å²) < 4.78 is 19.0.